The Balaban J connectivity index is 1.66. The third-order valence-electron chi connectivity index (χ3n) is 4.40. The predicted octanol–water partition coefficient (Wildman–Crippen LogP) is 5.93. The fraction of sp³-hybridized carbons (Fsp3) is 0.136. The molecular weight excluding hydrogens is 457 g/mol. The van der Waals surface area contributed by atoms with Crippen LogP contribution in [0.3, 0.4) is 0 Å². The molecular formula is C22H21Cl2N3O3S. The number of halogens is 2. The molecule has 6 nitrogen and oxygen atoms in total. The number of hydrogen-bond donors (Lipinski definition) is 3. The van der Waals surface area contributed by atoms with E-state index >= 15 is 0 Å². The van der Waals surface area contributed by atoms with E-state index in [1.807, 2.05) is 31.2 Å². The molecule has 3 N–H and O–H groups in total. The Bertz CT molecular complexity index is 1180. The summed E-state index contributed by atoms with van der Waals surface area (Å²) >= 11 is 11.9. The number of hydrogen-bond acceptors (Lipinski definition) is 3. The van der Waals surface area contributed by atoms with E-state index in [9.17, 15) is 13.2 Å². The number of nitrogens with one attached hydrogen (secondary N) is 3. The Morgan fingerprint density at radius 2 is 1.52 bits per heavy atom. The SMILES string of the molecule is Cc1ccc(CCS(=O)(=O)Nc2ccccc2NC(=O)Nc2ccc(Cl)cc2Cl)cc1. The van der Waals surface area contributed by atoms with Crippen LogP contribution in [0.1, 0.15) is 11.1 Å². The van der Waals surface area contributed by atoms with E-state index in [2.05, 4.69) is 15.4 Å². The molecule has 0 aromatic heterocycles. The van der Waals surface area contributed by atoms with E-state index in [0.717, 1.165) is 11.1 Å². The number of rotatable bonds is 7. The topological polar surface area (TPSA) is 87.3 Å². The number of sulfonamides is 1. The van der Waals surface area contributed by atoms with Gasteiger partial charge < -0.3 is 10.6 Å². The summed E-state index contributed by atoms with van der Waals surface area (Å²) in [5.74, 6) is -0.0863. The smallest absolute Gasteiger partial charge is 0.306 e. The van der Waals surface area contributed by atoms with Crippen LogP contribution in [-0.4, -0.2) is 20.2 Å². The van der Waals surface area contributed by atoms with Crippen molar-refractivity contribution in [2.24, 2.45) is 0 Å². The first-order chi connectivity index (χ1) is 14.7. The Labute approximate surface area is 191 Å². The molecule has 0 heterocycles. The minimum absolute atomic E-state index is 0.0863. The second-order valence-electron chi connectivity index (χ2n) is 6.91. The average Bonchev–Trinajstić information content (AvgIpc) is 2.71. The molecule has 0 aliphatic rings. The first-order valence-electron chi connectivity index (χ1n) is 9.40. The van der Waals surface area contributed by atoms with Gasteiger partial charge in [-0.1, -0.05) is 65.2 Å². The van der Waals surface area contributed by atoms with Gasteiger partial charge in [0, 0.05) is 5.02 Å². The molecule has 3 aromatic carbocycles. The summed E-state index contributed by atoms with van der Waals surface area (Å²) in [5, 5.41) is 5.97. The minimum atomic E-state index is -3.63. The molecule has 0 aliphatic carbocycles. The van der Waals surface area contributed by atoms with Crippen molar-refractivity contribution in [3.63, 3.8) is 0 Å². The third kappa shape index (κ3) is 6.89. The summed E-state index contributed by atoms with van der Waals surface area (Å²) in [4.78, 5) is 12.4. The van der Waals surface area contributed by atoms with Gasteiger partial charge in [-0.2, -0.15) is 0 Å². The first kappa shape index (κ1) is 22.9. The predicted molar refractivity (Wildman–Crippen MR) is 128 cm³/mol. The molecule has 0 bridgehead atoms. The van der Waals surface area contributed by atoms with Gasteiger partial charge >= 0.3 is 6.03 Å². The van der Waals surface area contributed by atoms with E-state index in [-0.39, 0.29) is 16.5 Å². The fourth-order valence-electron chi connectivity index (χ4n) is 2.77. The van der Waals surface area contributed by atoms with Gasteiger partial charge in [0.15, 0.2) is 0 Å². The van der Waals surface area contributed by atoms with Crippen LogP contribution >= 0.6 is 23.2 Å². The molecule has 0 saturated carbocycles. The van der Waals surface area contributed by atoms with Gasteiger partial charge in [0.25, 0.3) is 0 Å². The van der Waals surface area contributed by atoms with E-state index in [4.69, 9.17) is 23.2 Å². The summed E-state index contributed by atoms with van der Waals surface area (Å²) < 4.78 is 27.7. The van der Waals surface area contributed by atoms with Crippen molar-refractivity contribution < 1.29 is 13.2 Å². The third-order valence-corrected chi connectivity index (χ3v) is 6.22. The zero-order valence-corrected chi connectivity index (χ0v) is 19.0. The second-order valence-corrected chi connectivity index (χ2v) is 9.59. The summed E-state index contributed by atoms with van der Waals surface area (Å²) in [6, 6.07) is 18.4. The van der Waals surface area contributed by atoms with Crippen molar-refractivity contribution in [2.75, 3.05) is 21.1 Å². The highest BCUT2D eigenvalue weighted by Gasteiger charge is 2.15. The van der Waals surface area contributed by atoms with Crippen LogP contribution in [0.5, 0.6) is 0 Å². The standard InChI is InChI=1S/C22H21Cl2N3O3S/c1-15-6-8-16(9-7-15)12-13-31(29,30)27-21-5-3-2-4-20(21)26-22(28)25-19-11-10-17(23)14-18(19)24/h2-11,14,27H,12-13H2,1H3,(H2,25,26,28). The number of para-hydroxylation sites is 2. The number of benzene rings is 3. The number of anilines is 3. The average molecular weight is 478 g/mol. The van der Waals surface area contributed by atoms with Gasteiger partial charge in [-0.15, -0.1) is 0 Å². The van der Waals surface area contributed by atoms with Crippen LogP contribution in [0, 0.1) is 6.92 Å². The van der Waals surface area contributed by atoms with Crippen molar-refractivity contribution in [1.29, 1.82) is 0 Å². The summed E-state index contributed by atoms with van der Waals surface area (Å²) in [6.07, 6.45) is 0.376. The van der Waals surface area contributed by atoms with Gasteiger partial charge in [-0.3, -0.25) is 4.72 Å². The van der Waals surface area contributed by atoms with Gasteiger partial charge in [0.05, 0.1) is 27.8 Å². The number of urea groups is 1. The van der Waals surface area contributed by atoms with Gasteiger partial charge in [-0.25, -0.2) is 13.2 Å². The van der Waals surface area contributed by atoms with E-state index < -0.39 is 16.1 Å². The van der Waals surface area contributed by atoms with Crippen LogP contribution in [0.2, 0.25) is 10.0 Å². The zero-order valence-electron chi connectivity index (χ0n) is 16.7. The first-order valence-corrected chi connectivity index (χ1v) is 11.8. The highest BCUT2D eigenvalue weighted by atomic mass is 35.5. The molecule has 0 fully saturated rings. The second kappa shape index (κ2) is 10.0. The fourth-order valence-corrected chi connectivity index (χ4v) is 4.35. The molecule has 31 heavy (non-hydrogen) atoms. The highest BCUT2D eigenvalue weighted by molar-refractivity contribution is 7.92. The lowest BCUT2D eigenvalue weighted by atomic mass is 10.1. The maximum Gasteiger partial charge on any atom is 0.323 e. The lowest BCUT2D eigenvalue weighted by molar-refractivity contribution is 0.262. The van der Waals surface area contributed by atoms with Crippen LogP contribution in [0.15, 0.2) is 66.7 Å². The Hall–Kier alpha value is -2.74. The monoisotopic (exact) mass is 477 g/mol. The van der Waals surface area contributed by atoms with Crippen molar-refractivity contribution in [3.05, 3.63) is 87.9 Å². The van der Waals surface area contributed by atoms with Crippen LogP contribution < -0.4 is 15.4 Å². The van der Waals surface area contributed by atoms with Crippen LogP contribution in [0.4, 0.5) is 21.9 Å². The summed E-state index contributed by atoms with van der Waals surface area (Å²) in [7, 11) is -3.63. The zero-order chi connectivity index (χ0) is 22.4. The molecule has 0 spiro atoms. The van der Waals surface area contributed by atoms with Crippen LogP contribution in [-0.2, 0) is 16.4 Å². The Kier molecular flexibility index (Phi) is 7.43. The van der Waals surface area contributed by atoms with Gasteiger partial charge in [0.2, 0.25) is 10.0 Å². The van der Waals surface area contributed by atoms with E-state index in [0.29, 0.717) is 22.8 Å². The molecule has 0 atom stereocenters. The van der Waals surface area contributed by atoms with Gasteiger partial charge in [0.1, 0.15) is 0 Å². The lowest BCUT2D eigenvalue weighted by Crippen LogP contribution is -2.22. The van der Waals surface area contributed by atoms with Crippen LogP contribution in [0.25, 0.3) is 0 Å². The van der Waals surface area contributed by atoms with Crippen molar-refractivity contribution in [1.82, 2.24) is 0 Å². The van der Waals surface area contributed by atoms with E-state index in [1.54, 1.807) is 36.4 Å². The van der Waals surface area contributed by atoms with Crippen molar-refractivity contribution >= 4 is 56.3 Å². The number of carbonyl (C=O) groups excluding carboxylic acids is 1. The summed E-state index contributed by atoms with van der Waals surface area (Å²) in [5.41, 5.74) is 3.00. The summed E-state index contributed by atoms with van der Waals surface area (Å²) in [6.45, 7) is 1.98. The molecule has 0 saturated heterocycles. The molecule has 0 unspecified atom stereocenters. The molecule has 162 valence electrons. The van der Waals surface area contributed by atoms with Crippen molar-refractivity contribution in [3.8, 4) is 0 Å². The molecule has 0 radical (unpaired) electrons. The maximum absolute atomic E-state index is 12.6. The maximum atomic E-state index is 12.6. The molecule has 0 aliphatic heterocycles. The quantitative estimate of drug-likeness (QED) is 0.393. The Morgan fingerprint density at radius 3 is 2.19 bits per heavy atom. The molecule has 9 heteroatoms. The number of amides is 2. The number of carbonyl (C=O) groups is 1. The molecule has 3 aromatic rings. The highest BCUT2D eigenvalue weighted by Crippen LogP contribution is 2.27. The number of aryl methyl sites for hydroxylation is 2. The normalized spacial score (nSPS) is 11.1. The molecule has 3 rings (SSSR count). The minimum Gasteiger partial charge on any atom is -0.306 e. The Morgan fingerprint density at radius 1 is 0.871 bits per heavy atom. The van der Waals surface area contributed by atoms with Gasteiger partial charge in [-0.05, 0) is 49.2 Å². The largest absolute Gasteiger partial charge is 0.323 e. The molecule has 2 amide bonds. The van der Waals surface area contributed by atoms with E-state index in [1.165, 1.54) is 6.07 Å². The lowest BCUT2D eigenvalue weighted by Gasteiger charge is -2.14. The van der Waals surface area contributed by atoms with Crippen molar-refractivity contribution in [2.45, 2.75) is 13.3 Å².